The molecule has 2 aliphatic rings. The second kappa shape index (κ2) is 6.24. The summed E-state index contributed by atoms with van der Waals surface area (Å²) in [5, 5.41) is 2.89. The number of carbonyl (C=O) groups excluding carboxylic acids is 2. The molecule has 1 fully saturated rings. The van der Waals surface area contributed by atoms with Crippen LogP contribution in [0.3, 0.4) is 0 Å². The van der Waals surface area contributed by atoms with Gasteiger partial charge in [-0.2, -0.15) is 0 Å². The largest absolute Gasteiger partial charge is 0.495 e. The first-order valence-corrected chi connectivity index (χ1v) is 8.56. The van der Waals surface area contributed by atoms with Crippen LogP contribution in [0, 0.1) is 5.92 Å². The highest BCUT2D eigenvalue weighted by Crippen LogP contribution is 2.36. The van der Waals surface area contributed by atoms with Crippen LogP contribution < -0.4 is 15.0 Å². The molecule has 0 saturated heterocycles. The van der Waals surface area contributed by atoms with E-state index in [1.54, 1.807) is 25.3 Å². The number of fused-ring (bicyclic) bond motifs is 1. The number of amides is 2. The maximum atomic E-state index is 12.6. The van der Waals surface area contributed by atoms with Crippen molar-refractivity contribution >= 4 is 23.2 Å². The normalized spacial score (nSPS) is 15.6. The fraction of sp³-hybridized carbons (Fsp3) is 0.300. The molecular weight excluding hydrogens is 316 g/mol. The third-order valence-electron chi connectivity index (χ3n) is 4.79. The van der Waals surface area contributed by atoms with Gasteiger partial charge in [-0.05, 0) is 55.2 Å². The number of rotatable bonds is 4. The van der Waals surface area contributed by atoms with Crippen molar-refractivity contribution in [3.8, 4) is 5.75 Å². The molecule has 1 aliphatic heterocycles. The summed E-state index contributed by atoms with van der Waals surface area (Å²) < 4.78 is 5.27. The molecule has 0 aromatic heterocycles. The van der Waals surface area contributed by atoms with Crippen LogP contribution in [0.2, 0.25) is 0 Å². The summed E-state index contributed by atoms with van der Waals surface area (Å²) in [7, 11) is 1.58. The number of nitrogens with zero attached hydrogens (tertiary/aromatic N) is 1. The van der Waals surface area contributed by atoms with Crippen LogP contribution in [0.5, 0.6) is 5.75 Å². The molecule has 0 radical (unpaired) electrons. The third-order valence-corrected chi connectivity index (χ3v) is 4.79. The molecule has 0 bridgehead atoms. The van der Waals surface area contributed by atoms with Gasteiger partial charge in [0.05, 0.1) is 12.8 Å². The zero-order valence-electron chi connectivity index (χ0n) is 14.1. The number of hydrogen-bond acceptors (Lipinski definition) is 3. The van der Waals surface area contributed by atoms with Crippen LogP contribution in [0.25, 0.3) is 0 Å². The molecule has 2 amide bonds. The van der Waals surface area contributed by atoms with Crippen LogP contribution in [-0.2, 0) is 11.2 Å². The minimum absolute atomic E-state index is 0.181. The van der Waals surface area contributed by atoms with Crippen molar-refractivity contribution in [2.24, 2.45) is 5.92 Å². The van der Waals surface area contributed by atoms with Gasteiger partial charge in [0.1, 0.15) is 5.75 Å². The van der Waals surface area contributed by atoms with Gasteiger partial charge in [-0.3, -0.25) is 9.59 Å². The molecule has 128 valence electrons. The standard InChI is InChI=1S/C20H20N2O3/c1-25-18-5-3-2-4-16(18)21-19(23)15-8-9-17-14(12-15)10-11-22(17)20(24)13-6-7-13/h2-5,8-9,12-13H,6-7,10-11H2,1H3,(H,21,23). The van der Waals surface area contributed by atoms with E-state index in [2.05, 4.69) is 5.32 Å². The van der Waals surface area contributed by atoms with Gasteiger partial charge in [-0.25, -0.2) is 0 Å². The summed E-state index contributed by atoms with van der Waals surface area (Å²) in [6, 6.07) is 12.9. The number of methoxy groups -OCH3 is 1. The van der Waals surface area contributed by atoms with Gasteiger partial charge in [0.2, 0.25) is 5.91 Å². The van der Waals surface area contributed by atoms with Gasteiger partial charge in [0.15, 0.2) is 0 Å². The predicted octanol–water partition coefficient (Wildman–Crippen LogP) is 3.25. The van der Waals surface area contributed by atoms with Gasteiger partial charge in [-0.1, -0.05) is 12.1 Å². The number of anilines is 2. The highest BCUT2D eigenvalue weighted by Gasteiger charge is 2.36. The van der Waals surface area contributed by atoms with E-state index in [0.29, 0.717) is 23.5 Å². The van der Waals surface area contributed by atoms with Gasteiger partial charge in [0, 0.05) is 23.7 Å². The van der Waals surface area contributed by atoms with Crippen molar-refractivity contribution in [1.82, 2.24) is 0 Å². The van der Waals surface area contributed by atoms with Crippen molar-refractivity contribution in [3.63, 3.8) is 0 Å². The topological polar surface area (TPSA) is 58.6 Å². The summed E-state index contributed by atoms with van der Waals surface area (Å²) in [5.41, 5.74) is 3.24. The van der Waals surface area contributed by atoms with E-state index in [1.807, 2.05) is 29.2 Å². The van der Waals surface area contributed by atoms with Crippen molar-refractivity contribution < 1.29 is 14.3 Å². The second-order valence-electron chi connectivity index (χ2n) is 6.51. The van der Waals surface area contributed by atoms with Crippen LogP contribution in [0.15, 0.2) is 42.5 Å². The number of benzene rings is 2. The monoisotopic (exact) mass is 336 g/mol. The molecule has 5 heteroatoms. The van der Waals surface area contributed by atoms with Gasteiger partial charge in [0.25, 0.3) is 5.91 Å². The molecule has 5 nitrogen and oxygen atoms in total. The van der Waals surface area contributed by atoms with E-state index >= 15 is 0 Å². The SMILES string of the molecule is COc1ccccc1NC(=O)c1ccc2c(c1)CCN2C(=O)C1CC1. The minimum Gasteiger partial charge on any atom is -0.495 e. The van der Waals surface area contributed by atoms with Crippen molar-refractivity contribution in [1.29, 1.82) is 0 Å². The summed E-state index contributed by atoms with van der Waals surface area (Å²) >= 11 is 0. The Balaban J connectivity index is 1.54. The van der Waals surface area contributed by atoms with E-state index in [0.717, 1.165) is 30.5 Å². The first-order chi connectivity index (χ1) is 12.2. The number of ether oxygens (including phenoxy) is 1. The average Bonchev–Trinajstić information content (AvgIpc) is 3.40. The zero-order valence-corrected chi connectivity index (χ0v) is 14.1. The molecule has 0 atom stereocenters. The maximum Gasteiger partial charge on any atom is 0.255 e. The Labute approximate surface area is 146 Å². The van der Waals surface area contributed by atoms with Crippen LogP contribution in [0.4, 0.5) is 11.4 Å². The highest BCUT2D eigenvalue weighted by atomic mass is 16.5. The summed E-state index contributed by atoms with van der Waals surface area (Å²) in [5.74, 6) is 0.877. The Bertz CT molecular complexity index is 843. The Kier molecular flexibility index (Phi) is 3.92. The molecule has 4 rings (SSSR count). The summed E-state index contributed by atoms with van der Waals surface area (Å²) in [6.45, 7) is 0.711. The van der Waals surface area contributed by atoms with Crippen molar-refractivity contribution in [2.45, 2.75) is 19.3 Å². The first kappa shape index (κ1) is 15.7. The lowest BCUT2D eigenvalue weighted by molar-refractivity contribution is -0.119. The lowest BCUT2D eigenvalue weighted by Crippen LogP contribution is -2.30. The van der Waals surface area contributed by atoms with Crippen molar-refractivity contribution in [3.05, 3.63) is 53.6 Å². The molecule has 1 saturated carbocycles. The summed E-state index contributed by atoms with van der Waals surface area (Å²) in [6.07, 6.45) is 2.80. The number of carbonyl (C=O) groups is 2. The van der Waals surface area contributed by atoms with Crippen LogP contribution in [-0.4, -0.2) is 25.5 Å². The van der Waals surface area contributed by atoms with Crippen molar-refractivity contribution in [2.75, 3.05) is 23.9 Å². The van der Waals surface area contributed by atoms with Crippen LogP contribution in [0.1, 0.15) is 28.8 Å². The van der Waals surface area contributed by atoms with E-state index in [9.17, 15) is 9.59 Å². The molecule has 0 spiro atoms. The minimum atomic E-state index is -0.181. The lowest BCUT2D eigenvalue weighted by atomic mass is 10.1. The van der Waals surface area contributed by atoms with E-state index in [4.69, 9.17) is 4.74 Å². The number of para-hydroxylation sites is 2. The molecule has 2 aromatic carbocycles. The Hall–Kier alpha value is -2.82. The smallest absolute Gasteiger partial charge is 0.255 e. The molecule has 0 unspecified atom stereocenters. The number of nitrogens with one attached hydrogen (secondary N) is 1. The Morgan fingerprint density at radius 2 is 1.96 bits per heavy atom. The molecule has 25 heavy (non-hydrogen) atoms. The van der Waals surface area contributed by atoms with E-state index < -0.39 is 0 Å². The Morgan fingerprint density at radius 3 is 2.72 bits per heavy atom. The van der Waals surface area contributed by atoms with E-state index in [1.165, 1.54) is 0 Å². The Morgan fingerprint density at radius 1 is 1.16 bits per heavy atom. The molecule has 2 aromatic rings. The number of hydrogen-bond donors (Lipinski definition) is 1. The fourth-order valence-electron chi connectivity index (χ4n) is 3.26. The van der Waals surface area contributed by atoms with Gasteiger partial charge < -0.3 is 15.0 Å². The molecular formula is C20H20N2O3. The summed E-state index contributed by atoms with van der Waals surface area (Å²) in [4.78, 5) is 26.8. The van der Waals surface area contributed by atoms with Crippen LogP contribution >= 0.6 is 0 Å². The van der Waals surface area contributed by atoms with E-state index in [-0.39, 0.29) is 17.7 Å². The highest BCUT2D eigenvalue weighted by molar-refractivity contribution is 6.06. The van der Waals surface area contributed by atoms with Gasteiger partial charge >= 0.3 is 0 Å². The quantitative estimate of drug-likeness (QED) is 0.932. The molecule has 1 heterocycles. The molecule has 1 aliphatic carbocycles. The third kappa shape index (κ3) is 2.97. The molecule has 1 N–H and O–H groups in total. The zero-order chi connectivity index (χ0) is 17.4. The second-order valence-corrected chi connectivity index (χ2v) is 6.51. The fourth-order valence-corrected chi connectivity index (χ4v) is 3.26. The predicted molar refractivity (Wildman–Crippen MR) is 96.2 cm³/mol. The lowest BCUT2D eigenvalue weighted by Gasteiger charge is -2.17. The average molecular weight is 336 g/mol. The maximum absolute atomic E-state index is 12.6. The van der Waals surface area contributed by atoms with Gasteiger partial charge in [-0.15, -0.1) is 0 Å². The first-order valence-electron chi connectivity index (χ1n) is 8.56.